The molecule has 2 nitrogen and oxygen atoms in total. The predicted octanol–water partition coefficient (Wildman–Crippen LogP) is 5.85. The molecule has 0 amide bonds. The summed E-state index contributed by atoms with van der Waals surface area (Å²) in [5, 5.41) is 0. The van der Waals surface area contributed by atoms with Crippen molar-refractivity contribution in [3.8, 4) is 22.5 Å². The number of benzene rings is 1. The quantitative estimate of drug-likeness (QED) is 0.515. The Labute approximate surface area is 173 Å². The molecule has 2 heterocycles. The molecule has 2 heteroatoms. The lowest BCUT2D eigenvalue weighted by Gasteiger charge is -2.28. The van der Waals surface area contributed by atoms with Crippen molar-refractivity contribution in [1.29, 1.82) is 0 Å². The molecule has 1 saturated carbocycles. The first-order valence-corrected chi connectivity index (χ1v) is 10.2. The fraction of sp³-hybridized carbons (Fsp3) is 0.385. The van der Waals surface area contributed by atoms with Gasteiger partial charge in [0.05, 0.1) is 11.3 Å². The molecule has 5 rings (SSSR count). The molecule has 1 aromatic carbocycles. The van der Waals surface area contributed by atoms with Gasteiger partial charge < -0.3 is 0 Å². The summed E-state index contributed by atoms with van der Waals surface area (Å²) < 4.78 is 34.4. The van der Waals surface area contributed by atoms with Crippen LogP contribution < -0.4 is 4.57 Å². The minimum atomic E-state index is -2.41. The van der Waals surface area contributed by atoms with Crippen LogP contribution in [0.4, 0.5) is 0 Å². The molecule has 2 aromatic heterocycles. The van der Waals surface area contributed by atoms with Crippen LogP contribution in [-0.4, -0.2) is 4.98 Å². The Kier molecular flexibility index (Phi) is 3.06. The summed E-state index contributed by atoms with van der Waals surface area (Å²) in [5.74, 6) is -1.68. The highest BCUT2D eigenvalue weighted by Gasteiger charge is 2.48. The van der Waals surface area contributed by atoms with Gasteiger partial charge in [-0.3, -0.25) is 4.98 Å². The lowest BCUT2D eigenvalue weighted by atomic mass is 9.73. The monoisotopic (exact) mass is 373 g/mol. The molecule has 1 unspecified atom stereocenters. The second-order valence-corrected chi connectivity index (χ2v) is 8.41. The average molecular weight is 374 g/mol. The molecule has 0 bridgehead atoms. The van der Waals surface area contributed by atoms with Crippen LogP contribution >= 0.6 is 0 Å². The third-order valence-corrected chi connectivity index (χ3v) is 6.77. The number of aromatic nitrogens is 2. The normalized spacial score (nSPS) is 21.2. The topological polar surface area (TPSA) is 16.8 Å². The Morgan fingerprint density at radius 2 is 2.04 bits per heavy atom. The van der Waals surface area contributed by atoms with Gasteiger partial charge in [-0.15, -0.1) is 0 Å². The fourth-order valence-electron chi connectivity index (χ4n) is 5.42. The number of hydrogen-bond acceptors (Lipinski definition) is 1. The summed E-state index contributed by atoms with van der Waals surface area (Å²) in [5.41, 5.74) is 8.68. The van der Waals surface area contributed by atoms with Gasteiger partial charge in [-0.25, -0.2) is 4.57 Å². The molecule has 1 atom stereocenters. The second-order valence-electron chi connectivity index (χ2n) is 8.41. The van der Waals surface area contributed by atoms with E-state index < -0.39 is 12.7 Å². The van der Waals surface area contributed by atoms with Crippen LogP contribution in [-0.2, 0) is 12.5 Å². The zero-order valence-corrected chi connectivity index (χ0v) is 16.8. The van der Waals surface area contributed by atoms with Gasteiger partial charge in [-0.05, 0) is 54.0 Å². The third kappa shape index (κ3) is 2.33. The van der Waals surface area contributed by atoms with E-state index in [4.69, 9.17) is 10.5 Å². The number of fused-ring (bicyclic) bond motifs is 5. The number of rotatable bonds is 2. The standard InChI is InChI=1S/C26H29N2/c1-17(2)19-11-15-28(4)22(16-19)23-18(3)9-10-20-24(23)26(12-5-6-13-26)21-8-7-14-27-25(20)21/h7-11,14-17H,5-6,12-13H2,1-4H3/q+1/i1D3,17D. The molecule has 0 N–H and O–H groups in total. The minimum Gasteiger partial charge on any atom is -0.256 e. The fourth-order valence-corrected chi connectivity index (χ4v) is 5.42. The van der Waals surface area contributed by atoms with Gasteiger partial charge in [-0.1, -0.05) is 44.8 Å². The summed E-state index contributed by atoms with van der Waals surface area (Å²) in [6.07, 6.45) is 8.35. The number of aryl methyl sites for hydroxylation is 2. The van der Waals surface area contributed by atoms with Crippen LogP contribution in [0.5, 0.6) is 0 Å². The number of pyridine rings is 2. The molecule has 0 aliphatic heterocycles. The Morgan fingerprint density at radius 3 is 2.82 bits per heavy atom. The number of nitrogens with zero attached hydrogens (tertiary/aromatic N) is 2. The first-order valence-electron chi connectivity index (χ1n) is 12.2. The van der Waals surface area contributed by atoms with Crippen molar-refractivity contribution in [3.63, 3.8) is 0 Å². The van der Waals surface area contributed by atoms with Crippen molar-refractivity contribution in [2.24, 2.45) is 7.05 Å². The van der Waals surface area contributed by atoms with Crippen molar-refractivity contribution in [2.75, 3.05) is 0 Å². The van der Waals surface area contributed by atoms with E-state index in [0.29, 0.717) is 5.56 Å². The van der Waals surface area contributed by atoms with Gasteiger partial charge in [0, 0.05) is 34.8 Å². The van der Waals surface area contributed by atoms with Crippen LogP contribution in [0.15, 0.2) is 48.8 Å². The van der Waals surface area contributed by atoms with E-state index in [0.717, 1.165) is 35.4 Å². The molecule has 0 saturated heterocycles. The Hall–Kier alpha value is -2.48. The highest BCUT2D eigenvalue weighted by atomic mass is 14.9. The molecule has 1 fully saturated rings. The van der Waals surface area contributed by atoms with Crippen molar-refractivity contribution < 1.29 is 10.1 Å². The van der Waals surface area contributed by atoms with Crippen LogP contribution in [0.1, 0.15) is 73.1 Å². The van der Waals surface area contributed by atoms with E-state index in [1.165, 1.54) is 36.5 Å². The van der Waals surface area contributed by atoms with Crippen molar-refractivity contribution in [1.82, 2.24) is 4.98 Å². The minimum absolute atomic E-state index is 0.0441. The van der Waals surface area contributed by atoms with Gasteiger partial charge in [0.2, 0.25) is 5.69 Å². The molecular formula is C26H29N2+. The molecular weight excluding hydrogens is 340 g/mol. The second kappa shape index (κ2) is 6.27. The molecule has 3 aromatic rings. The predicted molar refractivity (Wildman–Crippen MR) is 114 cm³/mol. The molecule has 2 aliphatic rings. The maximum absolute atomic E-state index is 8.64. The highest BCUT2D eigenvalue weighted by Crippen LogP contribution is 2.58. The van der Waals surface area contributed by atoms with Crippen LogP contribution in [0.3, 0.4) is 0 Å². The molecule has 28 heavy (non-hydrogen) atoms. The van der Waals surface area contributed by atoms with E-state index in [2.05, 4.69) is 29.7 Å². The van der Waals surface area contributed by atoms with Gasteiger partial charge >= 0.3 is 0 Å². The highest BCUT2D eigenvalue weighted by molar-refractivity contribution is 5.87. The molecule has 1 spiro atoms. The first kappa shape index (κ1) is 13.7. The zero-order valence-electron chi connectivity index (χ0n) is 20.8. The number of hydrogen-bond donors (Lipinski definition) is 0. The lowest BCUT2D eigenvalue weighted by molar-refractivity contribution is -0.660. The van der Waals surface area contributed by atoms with Crippen molar-refractivity contribution in [2.45, 2.75) is 57.7 Å². The van der Waals surface area contributed by atoms with Crippen LogP contribution in [0.2, 0.25) is 0 Å². The maximum Gasteiger partial charge on any atom is 0.213 e. The van der Waals surface area contributed by atoms with Gasteiger partial charge in [0.25, 0.3) is 0 Å². The van der Waals surface area contributed by atoms with E-state index in [9.17, 15) is 0 Å². The summed E-state index contributed by atoms with van der Waals surface area (Å²) in [6, 6.07) is 12.3. The van der Waals surface area contributed by atoms with Crippen molar-refractivity contribution >= 4 is 0 Å². The summed E-state index contributed by atoms with van der Waals surface area (Å²) in [6.45, 7) is 1.20. The Morgan fingerprint density at radius 1 is 1.21 bits per heavy atom. The smallest absolute Gasteiger partial charge is 0.213 e. The van der Waals surface area contributed by atoms with Crippen LogP contribution in [0.25, 0.3) is 22.5 Å². The van der Waals surface area contributed by atoms with Gasteiger partial charge in [-0.2, -0.15) is 0 Å². The lowest BCUT2D eigenvalue weighted by Crippen LogP contribution is -2.32. The van der Waals surface area contributed by atoms with Crippen LogP contribution in [0, 0.1) is 6.92 Å². The molecule has 0 radical (unpaired) electrons. The SMILES string of the molecule is [2H]C([2H])([2H])C([2H])(C)c1cc[n+](C)c(-c2c(C)ccc3c2C2(CCCC2)c2cccnc2-3)c1. The Bertz CT molecular complexity index is 1220. The van der Waals surface area contributed by atoms with Gasteiger partial charge in [0.1, 0.15) is 7.05 Å². The summed E-state index contributed by atoms with van der Waals surface area (Å²) >= 11 is 0. The first-order chi connectivity index (χ1) is 15.1. The average Bonchev–Trinajstić information content (AvgIpc) is 3.33. The van der Waals surface area contributed by atoms with E-state index in [1.807, 2.05) is 31.6 Å². The Balaban J connectivity index is 1.81. The molecule has 142 valence electrons. The maximum atomic E-state index is 8.64. The summed E-state index contributed by atoms with van der Waals surface area (Å²) in [4.78, 5) is 4.78. The molecule has 2 aliphatic carbocycles. The van der Waals surface area contributed by atoms with E-state index in [-0.39, 0.29) is 5.41 Å². The van der Waals surface area contributed by atoms with Gasteiger partial charge in [0.15, 0.2) is 6.20 Å². The third-order valence-electron chi connectivity index (χ3n) is 6.77. The summed E-state index contributed by atoms with van der Waals surface area (Å²) in [7, 11) is 2.00. The zero-order chi connectivity index (χ0) is 22.9. The van der Waals surface area contributed by atoms with E-state index >= 15 is 0 Å². The largest absolute Gasteiger partial charge is 0.256 e. The van der Waals surface area contributed by atoms with Crippen molar-refractivity contribution in [3.05, 3.63) is 71.0 Å². The van der Waals surface area contributed by atoms with E-state index in [1.54, 1.807) is 6.07 Å².